The lowest BCUT2D eigenvalue weighted by atomic mass is 10.2. The van der Waals surface area contributed by atoms with Gasteiger partial charge in [0.2, 0.25) is 10.0 Å². The van der Waals surface area contributed by atoms with Crippen LogP contribution in [0.25, 0.3) is 0 Å². The van der Waals surface area contributed by atoms with E-state index in [0.29, 0.717) is 18.6 Å². The van der Waals surface area contributed by atoms with Gasteiger partial charge in [0.25, 0.3) is 5.69 Å². The van der Waals surface area contributed by atoms with Crippen LogP contribution < -0.4 is 9.46 Å². The van der Waals surface area contributed by atoms with Crippen LogP contribution in [0.2, 0.25) is 0 Å². The fourth-order valence-electron chi connectivity index (χ4n) is 2.49. The zero-order chi connectivity index (χ0) is 18.5. The van der Waals surface area contributed by atoms with Crippen LogP contribution in [-0.2, 0) is 10.0 Å². The van der Waals surface area contributed by atoms with E-state index >= 15 is 0 Å². The molecule has 0 unspecified atom stereocenters. The number of ether oxygens (including phenoxy) is 1. The number of nitrogens with zero attached hydrogens (tertiary/aromatic N) is 2. The van der Waals surface area contributed by atoms with Crippen LogP contribution in [0.4, 0.5) is 5.69 Å². The van der Waals surface area contributed by atoms with Crippen molar-refractivity contribution in [2.75, 3.05) is 20.2 Å². The van der Waals surface area contributed by atoms with Gasteiger partial charge in [-0.25, -0.2) is 13.1 Å². The molecule has 136 valence electrons. The van der Waals surface area contributed by atoms with E-state index in [1.54, 1.807) is 0 Å². The lowest BCUT2D eigenvalue weighted by Gasteiger charge is -2.30. The second-order valence-electron chi connectivity index (χ2n) is 5.92. The molecule has 0 aliphatic carbocycles. The highest BCUT2D eigenvalue weighted by atomic mass is 32.2. The summed E-state index contributed by atoms with van der Waals surface area (Å²) in [7, 11) is -2.54. The molecule has 0 aliphatic rings. The second-order valence-corrected chi connectivity index (χ2v) is 7.65. The number of hydrogen-bond donors (Lipinski definition) is 1. The van der Waals surface area contributed by atoms with E-state index in [0.717, 1.165) is 12.1 Å². The number of nitro benzene ring substituents is 1. The molecule has 1 rings (SSSR count). The average Bonchev–Trinajstić information content (AvgIpc) is 2.49. The summed E-state index contributed by atoms with van der Waals surface area (Å²) in [5, 5.41) is 10.8. The molecule has 24 heavy (non-hydrogen) atoms. The van der Waals surface area contributed by atoms with Crippen LogP contribution in [0.3, 0.4) is 0 Å². The zero-order valence-corrected chi connectivity index (χ0v) is 15.5. The van der Waals surface area contributed by atoms with Gasteiger partial charge in [-0.2, -0.15) is 0 Å². The van der Waals surface area contributed by atoms with E-state index in [9.17, 15) is 18.5 Å². The summed E-state index contributed by atoms with van der Waals surface area (Å²) in [6.07, 6.45) is 0. The SMILES string of the molecule is COc1cc([N+](=O)[O-])ccc1S(=O)(=O)NCCN(C(C)C)C(C)C. The van der Waals surface area contributed by atoms with E-state index in [1.165, 1.54) is 13.2 Å². The minimum Gasteiger partial charge on any atom is -0.495 e. The molecule has 0 aromatic heterocycles. The van der Waals surface area contributed by atoms with Gasteiger partial charge in [0.15, 0.2) is 0 Å². The molecule has 0 fully saturated rings. The Morgan fingerprint density at radius 3 is 2.29 bits per heavy atom. The van der Waals surface area contributed by atoms with Crippen molar-refractivity contribution in [3.05, 3.63) is 28.3 Å². The van der Waals surface area contributed by atoms with Crippen molar-refractivity contribution in [1.29, 1.82) is 0 Å². The molecule has 0 heterocycles. The maximum Gasteiger partial charge on any atom is 0.273 e. The third-order valence-electron chi connectivity index (χ3n) is 3.64. The van der Waals surface area contributed by atoms with Crippen molar-refractivity contribution < 1.29 is 18.1 Å². The fourth-order valence-corrected chi connectivity index (χ4v) is 3.66. The molecule has 1 N–H and O–H groups in total. The van der Waals surface area contributed by atoms with Gasteiger partial charge >= 0.3 is 0 Å². The molecule has 9 heteroatoms. The number of non-ortho nitro benzene ring substituents is 1. The molecule has 0 bridgehead atoms. The van der Waals surface area contributed by atoms with E-state index < -0.39 is 14.9 Å². The molecular weight excluding hydrogens is 334 g/mol. The predicted molar refractivity (Wildman–Crippen MR) is 91.8 cm³/mol. The summed E-state index contributed by atoms with van der Waals surface area (Å²) < 4.78 is 32.4. The summed E-state index contributed by atoms with van der Waals surface area (Å²) in [4.78, 5) is 12.2. The van der Waals surface area contributed by atoms with Crippen molar-refractivity contribution >= 4 is 15.7 Å². The topological polar surface area (TPSA) is 102 Å². The Labute approximate surface area is 143 Å². The Morgan fingerprint density at radius 1 is 1.25 bits per heavy atom. The molecule has 1 aromatic carbocycles. The lowest BCUT2D eigenvalue weighted by molar-refractivity contribution is -0.385. The van der Waals surface area contributed by atoms with Crippen molar-refractivity contribution in [3.8, 4) is 5.75 Å². The molecule has 0 radical (unpaired) electrons. The maximum absolute atomic E-state index is 12.4. The van der Waals surface area contributed by atoms with Gasteiger partial charge in [-0.05, 0) is 33.8 Å². The molecule has 0 saturated carbocycles. The highest BCUT2D eigenvalue weighted by Gasteiger charge is 2.22. The van der Waals surface area contributed by atoms with Crippen LogP contribution in [0.5, 0.6) is 5.75 Å². The molecule has 1 aromatic rings. The third-order valence-corrected chi connectivity index (χ3v) is 5.14. The highest BCUT2D eigenvalue weighted by Crippen LogP contribution is 2.28. The van der Waals surface area contributed by atoms with Crippen molar-refractivity contribution in [2.45, 2.75) is 44.7 Å². The largest absolute Gasteiger partial charge is 0.495 e. The minimum absolute atomic E-state index is 0.0544. The van der Waals surface area contributed by atoms with E-state index in [1.807, 2.05) is 27.7 Å². The molecule has 0 amide bonds. The van der Waals surface area contributed by atoms with Crippen LogP contribution in [-0.4, -0.2) is 50.5 Å². The summed E-state index contributed by atoms with van der Waals surface area (Å²) in [5.74, 6) is -0.0544. The number of nitrogens with one attached hydrogen (secondary N) is 1. The van der Waals surface area contributed by atoms with E-state index in [-0.39, 0.29) is 22.9 Å². The Morgan fingerprint density at radius 2 is 1.83 bits per heavy atom. The maximum atomic E-state index is 12.4. The number of sulfonamides is 1. The van der Waals surface area contributed by atoms with Crippen molar-refractivity contribution in [3.63, 3.8) is 0 Å². The molecule has 0 aliphatic heterocycles. The number of hydrogen-bond acceptors (Lipinski definition) is 6. The predicted octanol–water partition coefficient (Wildman–Crippen LogP) is 2.00. The second kappa shape index (κ2) is 8.41. The van der Waals surface area contributed by atoms with Gasteiger partial charge in [-0.1, -0.05) is 0 Å². The lowest BCUT2D eigenvalue weighted by Crippen LogP contribution is -2.42. The van der Waals surface area contributed by atoms with Gasteiger partial charge in [0, 0.05) is 31.2 Å². The Kier molecular flexibility index (Phi) is 7.12. The monoisotopic (exact) mass is 359 g/mol. The standard InChI is InChI=1S/C15H25N3O5S/c1-11(2)17(12(3)4)9-8-16-24(21,22)15-7-6-13(18(19)20)10-14(15)23-5/h6-7,10-12,16H,8-9H2,1-5H3. The first-order valence-corrected chi connectivity index (χ1v) is 9.16. The Hall–Kier alpha value is -1.71. The van der Waals surface area contributed by atoms with Crippen LogP contribution in [0, 0.1) is 10.1 Å². The van der Waals surface area contributed by atoms with Gasteiger partial charge in [0.1, 0.15) is 10.6 Å². The molecule has 8 nitrogen and oxygen atoms in total. The summed E-state index contributed by atoms with van der Waals surface area (Å²) in [6, 6.07) is 4.02. The summed E-state index contributed by atoms with van der Waals surface area (Å²) in [6.45, 7) is 8.99. The smallest absolute Gasteiger partial charge is 0.273 e. The molecule has 0 spiro atoms. The molecule has 0 atom stereocenters. The minimum atomic E-state index is -3.82. The van der Waals surface area contributed by atoms with Crippen LogP contribution in [0.15, 0.2) is 23.1 Å². The van der Waals surface area contributed by atoms with Crippen molar-refractivity contribution in [2.24, 2.45) is 0 Å². The quantitative estimate of drug-likeness (QED) is 0.534. The van der Waals surface area contributed by atoms with Gasteiger partial charge in [0.05, 0.1) is 18.1 Å². The normalized spacial score (nSPS) is 12.2. The van der Waals surface area contributed by atoms with Crippen LogP contribution >= 0.6 is 0 Å². The summed E-state index contributed by atoms with van der Waals surface area (Å²) >= 11 is 0. The number of methoxy groups -OCH3 is 1. The Balaban J connectivity index is 2.91. The van der Waals surface area contributed by atoms with E-state index in [4.69, 9.17) is 4.74 Å². The Bertz CT molecular complexity index is 666. The highest BCUT2D eigenvalue weighted by molar-refractivity contribution is 7.89. The van der Waals surface area contributed by atoms with Gasteiger partial charge in [-0.3, -0.25) is 15.0 Å². The number of nitro groups is 1. The first-order chi connectivity index (χ1) is 11.1. The van der Waals surface area contributed by atoms with Gasteiger partial charge in [-0.15, -0.1) is 0 Å². The van der Waals surface area contributed by atoms with Gasteiger partial charge < -0.3 is 4.74 Å². The van der Waals surface area contributed by atoms with E-state index in [2.05, 4.69) is 9.62 Å². The summed E-state index contributed by atoms with van der Waals surface area (Å²) in [5.41, 5.74) is -0.225. The first-order valence-electron chi connectivity index (χ1n) is 7.68. The van der Waals surface area contributed by atoms with Crippen LogP contribution in [0.1, 0.15) is 27.7 Å². The molecular formula is C15H25N3O5S. The number of benzene rings is 1. The number of rotatable bonds is 9. The first kappa shape index (κ1) is 20.3. The molecule has 0 saturated heterocycles. The zero-order valence-electron chi connectivity index (χ0n) is 14.6. The average molecular weight is 359 g/mol. The third kappa shape index (κ3) is 5.15. The fraction of sp³-hybridized carbons (Fsp3) is 0.600. The van der Waals surface area contributed by atoms with Crippen molar-refractivity contribution in [1.82, 2.24) is 9.62 Å².